The van der Waals surface area contributed by atoms with Crippen LogP contribution in [0.2, 0.25) is 0 Å². The van der Waals surface area contributed by atoms with Gasteiger partial charge in [-0.2, -0.15) is 0 Å². The van der Waals surface area contributed by atoms with Crippen molar-refractivity contribution in [1.29, 1.82) is 0 Å². The van der Waals surface area contributed by atoms with Crippen molar-refractivity contribution < 1.29 is 9.90 Å². The molecule has 0 aromatic heterocycles. The van der Waals surface area contributed by atoms with Gasteiger partial charge in [-0.1, -0.05) is 18.2 Å². The van der Waals surface area contributed by atoms with Crippen LogP contribution in [0.15, 0.2) is 36.0 Å². The van der Waals surface area contributed by atoms with E-state index in [-0.39, 0.29) is 24.5 Å². The number of carbonyl (C=O) groups is 1. The van der Waals surface area contributed by atoms with Crippen molar-refractivity contribution in [1.82, 2.24) is 21.0 Å². The summed E-state index contributed by atoms with van der Waals surface area (Å²) in [6, 6.07) is 8.03. The molecule has 0 radical (unpaired) electrons. The van der Waals surface area contributed by atoms with Gasteiger partial charge < -0.3 is 10.4 Å². The number of amides is 1. The molecule has 122 valence electrons. The molecule has 3 unspecified atom stereocenters. The highest BCUT2D eigenvalue weighted by Crippen LogP contribution is 2.25. The highest BCUT2D eigenvalue weighted by Gasteiger charge is 2.39. The number of hydrogen-bond acceptors (Lipinski definition) is 6. The number of para-hydroxylation sites is 1. The van der Waals surface area contributed by atoms with E-state index in [2.05, 4.69) is 21.0 Å². The molecule has 3 atom stereocenters. The average Bonchev–Trinajstić information content (AvgIpc) is 3.14. The van der Waals surface area contributed by atoms with Crippen LogP contribution in [-0.2, 0) is 4.79 Å². The van der Waals surface area contributed by atoms with E-state index in [1.807, 2.05) is 42.4 Å². The molecule has 3 aliphatic rings. The molecule has 2 fully saturated rings. The number of fused-ring (bicyclic) bond motifs is 1. The number of aliphatic hydroxyl groups is 1. The van der Waals surface area contributed by atoms with Gasteiger partial charge in [0.1, 0.15) is 12.5 Å². The number of likely N-dealkylation sites (tertiary alicyclic amines) is 1. The standard InChI is InChI=1S/C16H21N5O2/c1-10-4-2-3-5-13(10)21-9-12-14(19-21)17-16(18-15(12)23)20-7-6-11(22)8-20/h2-5,9,11,14,16-17,19,22H,6-8H2,1H3,(H,18,23). The zero-order valence-electron chi connectivity index (χ0n) is 13.0. The Hall–Kier alpha value is -1.93. The van der Waals surface area contributed by atoms with Gasteiger partial charge in [0.15, 0.2) is 0 Å². The highest BCUT2D eigenvalue weighted by molar-refractivity contribution is 5.96. The summed E-state index contributed by atoms with van der Waals surface area (Å²) in [4.78, 5) is 14.5. The predicted molar refractivity (Wildman–Crippen MR) is 85.9 cm³/mol. The average molecular weight is 315 g/mol. The number of aliphatic hydroxyl groups excluding tert-OH is 1. The lowest BCUT2D eigenvalue weighted by molar-refractivity contribution is -0.122. The van der Waals surface area contributed by atoms with Gasteiger partial charge in [-0.3, -0.25) is 20.0 Å². The van der Waals surface area contributed by atoms with Crippen molar-refractivity contribution in [3.63, 3.8) is 0 Å². The first-order valence-corrected chi connectivity index (χ1v) is 7.93. The minimum Gasteiger partial charge on any atom is -0.392 e. The quantitative estimate of drug-likeness (QED) is 0.595. The first kappa shape index (κ1) is 14.6. The Morgan fingerprint density at radius 3 is 2.87 bits per heavy atom. The summed E-state index contributed by atoms with van der Waals surface area (Å²) in [6.45, 7) is 3.39. The zero-order valence-corrected chi connectivity index (χ0v) is 13.0. The number of rotatable bonds is 2. The number of anilines is 1. The normalized spacial score (nSPS) is 31.0. The van der Waals surface area contributed by atoms with Gasteiger partial charge in [-0.15, -0.1) is 0 Å². The van der Waals surface area contributed by atoms with Gasteiger partial charge in [0, 0.05) is 19.3 Å². The van der Waals surface area contributed by atoms with Crippen molar-refractivity contribution in [3.05, 3.63) is 41.6 Å². The van der Waals surface area contributed by atoms with E-state index in [0.717, 1.165) is 24.2 Å². The third kappa shape index (κ3) is 2.61. The maximum absolute atomic E-state index is 12.4. The topological polar surface area (TPSA) is 79.9 Å². The van der Waals surface area contributed by atoms with Crippen molar-refractivity contribution in [2.45, 2.75) is 31.9 Å². The van der Waals surface area contributed by atoms with Gasteiger partial charge in [-0.25, -0.2) is 5.43 Å². The molecule has 23 heavy (non-hydrogen) atoms. The fourth-order valence-corrected chi connectivity index (χ4v) is 3.36. The number of aryl methyl sites for hydroxylation is 1. The summed E-state index contributed by atoms with van der Waals surface area (Å²) in [6.07, 6.45) is 1.78. The second-order valence-corrected chi connectivity index (χ2v) is 6.28. The fraction of sp³-hybridized carbons (Fsp3) is 0.438. The van der Waals surface area contributed by atoms with Crippen molar-refractivity contribution in [3.8, 4) is 0 Å². The minimum atomic E-state index is -0.314. The number of carbonyl (C=O) groups excluding carboxylic acids is 1. The Kier molecular flexibility index (Phi) is 3.57. The summed E-state index contributed by atoms with van der Waals surface area (Å²) in [5.74, 6) is -0.0799. The number of β-amino-alcohol motifs (C(OH)–C–C–N with tert-alkyl or cyclic N) is 1. The molecule has 3 heterocycles. The van der Waals surface area contributed by atoms with Crippen LogP contribution in [0.3, 0.4) is 0 Å². The van der Waals surface area contributed by atoms with Gasteiger partial charge in [0.05, 0.1) is 17.4 Å². The molecule has 1 amide bonds. The van der Waals surface area contributed by atoms with Crippen molar-refractivity contribution in [2.75, 3.05) is 18.1 Å². The lowest BCUT2D eigenvalue weighted by Gasteiger charge is -2.36. The Bertz CT molecular complexity index is 662. The van der Waals surface area contributed by atoms with Crippen molar-refractivity contribution in [2.24, 2.45) is 0 Å². The van der Waals surface area contributed by atoms with Gasteiger partial charge >= 0.3 is 0 Å². The maximum atomic E-state index is 12.4. The minimum absolute atomic E-state index is 0.0799. The Labute approximate surface area is 134 Å². The number of hydrogen-bond donors (Lipinski definition) is 4. The molecule has 0 saturated carbocycles. The van der Waals surface area contributed by atoms with Crippen LogP contribution in [0, 0.1) is 6.92 Å². The third-order valence-corrected chi connectivity index (χ3v) is 4.64. The van der Waals surface area contributed by atoms with Crippen LogP contribution in [-0.4, -0.2) is 47.6 Å². The molecule has 0 bridgehead atoms. The molecule has 2 saturated heterocycles. The van der Waals surface area contributed by atoms with E-state index in [1.165, 1.54) is 0 Å². The van der Waals surface area contributed by atoms with Crippen molar-refractivity contribution >= 4 is 11.6 Å². The lowest BCUT2D eigenvalue weighted by atomic mass is 10.2. The second-order valence-electron chi connectivity index (χ2n) is 6.28. The van der Waals surface area contributed by atoms with Crippen LogP contribution in [0.4, 0.5) is 5.69 Å². The molecule has 0 spiro atoms. The Morgan fingerprint density at radius 2 is 2.13 bits per heavy atom. The van der Waals surface area contributed by atoms with Crippen LogP contribution in [0.1, 0.15) is 12.0 Å². The van der Waals surface area contributed by atoms with Gasteiger partial charge in [-0.05, 0) is 25.0 Å². The molecular formula is C16H21N5O2. The predicted octanol–water partition coefficient (Wildman–Crippen LogP) is -0.401. The van der Waals surface area contributed by atoms with Crippen LogP contribution < -0.4 is 21.1 Å². The smallest absolute Gasteiger partial charge is 0.254 e. The van der Waals surface area contributed by atoms with E-state index in [9.17, 15) is 9.90 Å². The number of nitrogens with zero attached hydrogens (tertiary/aromatic N) is 2. The maximum Gasteiger partial charge on any atom is 0.254 e. The molecule has 7 heteroatoms. The van der Waals surface area contributed by atoms with E-state index in [4.69, 9.17) is 0 Å². The second kappa shape index (κ2) is 5.61. The molecule has 1 aromatic rings. The molecule has 4 rings (SSSR count). The highest BCUT2D eigenvalue weighted by atomic mass is 16.3. The summed E-state index contributed by atoms with van der Waals surface area (Å²) >= 11 is 0. The molecular weight excluding hydrogens is 294 g/mol. The monoisotopic (exact) mass is 315 g/mol. The lowest BCUT2D eigenvalue weighted by Crippen LogP contribution is -2.66. The summed E-state index contributed by atoms with van der Waals surface area (Å²) in [7, 11) is 0. The number of hydrazine groups is 1. The van der Waals surface area contributed by atoms with E-state index in [0.29, 0.717) is 12.1 Å². The van der Waals surface area contributed by atoms with Gasteiger partial charge in [0.2, 0.25) is 0 Å². The van der Waals surface area contributed by atoms with Crippen LogP contribution in [0.5, 0.6) is 0 Å². The first-order chi connectivity index (χ1) is 11.1. The Balaban J connectivity index is 1.52. The molecule has 3 aliphatic heterocycles. The van der Waals surface area contributed by atoms with Crippen LogP contribution in [0.25, 0.3) is 0 Å². The summed E-state index contributed by atoms with van der Waals surface area (Å²) < 4.78 is 0. The Morgan fingerprint density at radius 1 is 1.30 bits per heavy atom. The summed E-state index contributed by atoms with van der Waals surface area (Å²) in [5.41, 5.74) is 6.15. The summed E-state index contributed by atoms with van der Waals surface area (Å²) in [5, 5.41) is 17.9. The fourth-order valence-electron chi connectivity index (χ4n) is 3.36. The molecule has 4 N–H and O–H groups in total. The number of nitrogens with one attached hydrogen (secondary N) is 3. The zero-order chi connectivity index (χ0) is 16.0. The van der Waals surface area contributed by atoms with Crippen LogP contribution >= 0.6 is 0 Å². The largest absolute Gasteiger partial charge is 0.392 e. The third-order valence-electron chi connectivity index (χ3n) is 4.64. The van der Waals surface area contributed by atoms with E-state index >= 15 is 0 Å². The number of benzene rings is 1. The van der Waals surface area contributed by atoms with E-state index in [1.54, 1.807) is 0 Å². The van der Waals surface area contributed by atoms with Gasteiger partial charge in [0.25, 0.3) is 5.91 Å². The first-order valence-electron chi connectivity index (χ1n) is 7.93. The molecule has 7 nitrogen and oxygen atoms in total. The SMILES string of the molecule is Cc1ccccc1N1C=C2C(=O)NC(N3CCC(O)C3)NC2N1. The van der Waals surface area contributed by atoms with E-state index < -0.39 is 0 Å². The molecule has 1 aromatic carbocycles. The molecule has 0 aliphatic carbocycles.